The maximum absolute atomic E-state index is 12.7. The van der Waals surface area contributed by atoms with Gasteiger partial charge in [0, 0.05) is 38.6 Å². The van der Waals surface area contributed by atoms with E-state index < -0.39 is 0 Å². The lowest BCUT2D eigenvalue weighted by molar-refractivity contribution is 0.102. The fourth-order valence-corrected chi connectivity index (χ4v) is 4.06. The van der Waals surface area contributed by atoms with Crippen LogP contribution in [0, 0.1) is 11.3 Å². The van der Waals surface area contributed by atoms with E-state index in [-0.39, 0.29) is 5.78 Å². The Morgan fingerprint density at radius 1 is 1.17 bits per heavy atom. The van der Waals surface area contributed by atoms with E-state index in [0.717, 1.165) is 25.8 Å². The highest BCUT2D eigenvalue weighted by molar-refractivity contribution is 9.10. The predicted octanol–water partition coefficient (Wildman–Crippen LogP) is 5.29. The summed E-state index contributed by atoms with van der Waals surface area (Å²) in [5, 5.41) is 9.77. The van der Waals surface area contributed by atoms with E-state index in [4.69, 9.17) is 5.26 Å². The molecule has 24 heavy (non-hydrogen) atoms. The first kappa shape index (κ1) is 16.8. The molecule has 0 bridgehead atoms. The number of halogens is 1. The molecule has 0 saturated carbocycles. The van der Waals surface area contributed by atoms with Crippen LogP contribution < -0.4 is 0 Å². The summed E-state index contributed by atoms with van der Waals surface area (Å²) in [5.41, 5.74) is 1.73. The van der Waals surface area contributed by atoms with Crippen molar-refractivity contribution in [3.63, 3.8) is 0 Å². The Kier molecular flexibility index (Phi) is 5.39. The average Bonchev–Trinajstić information content (AvgIpc) is 2.98. The van der Waals surface area contributed by atoms with E-state index >= 15 is 0 Å². The molecule has 0 unspecified atom stereocenters. The van der Waals surface area contributed by atoms with Crippen molar-refractivity contribution >= 4 is 44.4 Å². The number of carbonyl (C=O) groups is 1. The quantitative estimate of drug-likeness (QED) is 0.418. The Bertz CT molecular complexity index is 927. The van der Waals surface area contributed by atoms with E-state index in [0.29, 0.717) is 18.7 Å². The highest BCUT2D eigenvalue weighted by Crippen LogP contribution is 2.29. The van der Waals surface area contributed by atoms with Crippen LogP contribution >= 0.6 is 27.7 Å². The molecule has 1 aromatic heterocycles. The number of aryl methyl sites for hydroxylation is 1. The molecular weight excluding hydrogens is 384 g/mol. The number of rotatable bonds is 6. The van der Waals surface area contributed by atoms with Gasteiger partial charge in [0.15, 0.2) is 5.78 Å². The number of Topliss-reactive ketones (excluding diaryl/α,β-unsaturated/α-hetero) is 1. The SMILES string of the molecule is N#CCCn1cc(C(=O)CSc2ccccc2Br)c2ccccc21. The van der Waals surface area contributed by atoms with Gasteiger partial charge in [0.1, 0.15) is 0 Å². The Morgan fingerprint density at radius 2 is 1.92 bits per heavy atom. The summed E-state index contributed by atoms with van der Waals surface area (Å²) in [7, 11) is 0. The number of benzene rings is 2. The molecule has 5 heteroatoms. The summed E-state index contributed by atoms with van der Waals surface area (Å²) < 4.78 is 2.99. The first-order valence-electron chi connectivity index (χ1n) is 7.56. The molecule has 0 N–H and O–H groups in total. The number of aromatic nitrogens is 1. The number of nitriles is 1. The Balaban J connectivity index is 1.84. The van der Waals surface area contributed by atoms with Gasteiger partial charge in [-0.2, -0.15) is 5.26 Å². The van der Waals surface area contributed by atoms with Gasteiger partial charge in [-0.15, -0.1) is 11.8 Å². The van der Waals surface area contributed by atoms with Crippen LogP contribution in [0.3, 0.4) is 0 Å². The van der Waals surface area contributed by atoms with Crippen molar-refractivity contribution < 1.29 is 4.79 Å². The van der Waals surface area contributed by atoms with Crippen LogP contribution in [0.4, 0.5) is 0 Å². The molecule has 0 amide bonds. The van der Waals surface area contributed by atoms with Gasteiger partial charge < -0.3 is 4.57 Å². The van der Waals surface area contributed by atoms with Crippen LogP contribution in [-0.2, 0) is 6.54 Å². The minimum Gasteiger partial charge on any atom is -0.346 e. The van der Waals surface area contributed by atoms with E-state index in [9.17, 15) is 4.79 Å². The van der Waals surface area contributed by atoms with Gasteiger partial charge >= 0.3 is 0 Å². The number of nitrogens with zero attached hydrogens (tertiary/aromatic N) is 2. The third kappa shape index (κ3) is 3.55. The lowest BCUT2D eigenvalue weighted by Crippen LogP contribution is -2.02. The normalized spacial score (nSPS) is 10.7. The smallest absolute Gasteiger partial charge is 0.175 e. The Morgan fingerprint density at radius 3 is 2.71 bits per heavy atom. The minimum absolute atomic E-state index is 0.0997. The second-order valence-corrected chi connectivity index (χ2v) is 7.18. The van der Waals surface area contributed by atoms with Crippen molar-refractivity contribution in [2.45, 2.75) is 17.9 Å². The molecule has 0 aliphatic carbocycles. The Hall–Kier alpha value is -2.03. The highest BCUT2D eigenvalue weighted by Gasteiger charge is 2.15. The van der Waals surface area contributed by atoms with Crippen molar-refractivity contribution in [1.82, 2.24) is 4.57 Å². The number of hydrogen-bond acceptors (Lipinski definition) is 3. The lowest BCUT2D eigenvalue weighted by atomic mass is 10.1. The topological polar surface area (TPSA) is 45.8 Å². The van der Waals surface area contributed by atoms with Gasteiger partial charge in [-0.3, -0.25) is 4.79 Å². The predicted molar refractivity (Wildman–Crippen MR) is 101 cm³/mol. The molecule has 120 valence electrons. The van der Waals surface area contributed by atoms with Crippen molar-refractivity contribution in [1.29, 1.82) is 5.26 Å². The van der Waals surface area contributed by atoms with Gasteiger partial charge in [0.05, 0.1) is 18.2 Å². The van der Waals surface area contributed by atoms with Crippen LogP contribution in [0.25, 0.3) is 10.9 Å². The fraction of sp³-hybridized carbons (Fsp3) is 0.158. The van der Waals surface area contributed by atoms with Gasteiger partial charge in [-0.1, -0.05) is 30.3 Å². The average molecular weight is 399 g/mol. The van der Waals surface area contributed by atoms with Gasteiger partial charge in [0.25, 0.3) is 0 Å². The number of para-hydroxylation sites is 1. The minimum atomic E-state index is 0.0997. The maximum atomic E-state index is 12.7. The van der Waals surface area contributed by atoms with Crippen LogP contribution in [0.2, 0.25) is 0 Å². The van der Waals surface area contributed by atoms with Crippen molar-refractivity contribution in [3.8, 4) is 6.07 Å². The highest BCUT2D eigenvalue weighted by atomic mass is 79.9. The summed E-state index contributed by atoms with van der Waals surface area (Å²) in [6.45, 7) is 0.599. The van der Waals surface area contributed by atoms with Crippen molar-refractivity contribution in [2.75, 3.05) is 5.75 Å². The third-order valence-corrected chi connectivity index (χ3v) is 5.78. The zero-order chi connectivity index (χ0) is 16.9. The zero-order valence-corrected chi connectivity index (χ0v) is 15.3. The monoisotopic (exact) mass is 398 g/mol. The van der Waals surface area contributed by atoms with Crippen LogP contribution in [-0.4, -0.2) is 16.1 Å². The van der Waals surface area contributed by atoms with E-state index in [1.54, 1.807) is 0 Å². The van der Waals surface area contributed by atoms with Crippen LogP contribution in [0.1, 0.15) is 16.8 Å². The summed E-state index contributed by atoms with van der Waals surface area (Å²) in [6.07, 6.45) is 2.31. The van der Waals surface area contributed by atoms with Crippen molar-refractivity contribution in [3.05, 3.63) is 64.8 Å². The summed E-state index contributed by atoms with van der Waals surface area (Å²) >= 11 is 5.04. The second kappa shape index (κ2) is 7.69. The molecule has 3 aromatic rings. The molecule has 0 radical (unpaired) electrons. The number of thioether (sulfide) groups is 1. The van der Waals surface area contributed by atoms with Gasteiger partial charge in [0.2, 0.25) is 0 Å². The van der Waals surface area contributed by atoms with E-state index in [1.165, 1.54) is 11.8 Å². The molecule has 0 aliphatic heterocycles. The molecule has 0 saturated heterocycles. The number of fused-ring (bicyclic) bond motifs is 1. The molecule has 0 spiro atoms. The maximum Gasteiger partial charge on any atom is 0.175 e. The number of ketones is 1. The summed E-state index contributed by atoms with van der Waals surface area (Å²) in [6, 6.07) is 17.9. The summed E-state index contributed by atoms with van der Waals surface area (Å²) in [4.78, 5) is 13.8. The molecule has 3 nitrogen and oxygen atoms in total. The third-order valence-electron chi connectivity index (χ3n) is 3.75. The van der Waals surface area contributed by atoms with Crippen LogP contribution in [0.15, 0.2) is 64.1 Å². The van der Waals surface area contributed by atoms with Crippen LogP contribution in [0.5, 0.6) is 0 Å². The standard InChI is InChI=1S/C19H15BrN2OS/c20-16-7-2-4-9-19(16)24-13-18(23)15-12-22(11-5-10-21)17-8-3-1-6-14(15)17/h1-4,6-9,12H,5,11,13H2. The Labute approximate surface area is 153 Å². The first-order valence-corrected chi connectivity index (χ1v) is 9.34. The molecule has 3 rings (SSSR count). The largest absolute Gasteiger partial charge is 0.346 e. The van der Waals surface area contributed by atoms with Crippen molar-refractivity contribution in [2.24, 2.45) is 0 Å². The second-order valence-electron chi connectivity index (χ2n) is 5.30. The van der Waals surface area contributed by atoms with Gasteiger partial charge in [-0.25, -0.2) is 0 Å². The molecule has 0 fully saturated rings. The summed E-state index contributed by atoms with van der Waals surface area (Å²) in [5.74, 6) is 0.483. The van der Waals surface area contributed by atoms with Gasteiger partial charge in [-0.05, 0) is 34.1 Å². The lowest BCUT2D eigenvalue weighted by Gasteiger charge is -2.03. The first-order chi connectivity index (χ1) is 11.7. The molecule has 0 aliphatic rings. The van der Waals surface area contributed by atoms with E-state index in [2.05, 4.69) is 22.0 Å². The molecular formula is C19H15BrN2OS. The molecule has 0 atom stereocenters. The zero-order valence-electron chi connectivity index (χ0n) is 12.9. The number of carbonyl (C=O) groups excluding carboxylic acids is 1. The fourth-order valence-electron chi connectivity index (χ4n) is 2.61. The van der Waals surface area contributed by atoms with E-state index in [1.807, 2.05) is 59.3 Å². The molecule has 1 heterocycles. The molecule has 2 aromatic carbocycles. The number of hydrogen-bond donors (Lipinski definition) is 0.